The molecule has 1 heterocycles. The Kier molecular flexibility index (Phi) is 6.83. The van der Waals surface area contributed by atoms with Gasteiger partial charge in [-0.15, -0.1) is 0 Å². The summed E-state index contributed by atoms with van der Waals surface area (Å²) in [6.07, 6.45) is 3.00. The van der Waals surface area contributed by atoms with Crippen molar-refractivity contribution >= 4 is 26.0 Å². The summed E-state index contributed by atoms with van der Waals surface area (Å²) in [6.45, 7) is 4.17. The van der Waals surface area contributed by atoms with Gasteiger partial charge in [0.2, 0.25) is 10.0 Å². The standard InChI is InChI=1S/C15H22BrNO4S/c1-12-10-14(5-6-15(12)16)22(18,19)17-7-3-8-20-11-13-4-2-9-21-13/h5-6,10,13,17H,2-4,7-9,11H2,1H3. The molecule has 1 unspecified atom stereocenters. The average Bonchev–Trinajstić information content (AvgIpc) is 2.98. The van der Waals surface area contributed by atoms with Gasteiger partial charge in [-0.2, -0.15) is 0 Å². The van der Waals surface area contributed by atoms with E-state index in [9.17, 15) is 8.42 Å². The van der Waals surface area contributed by atoms with E-state index in [0.717, 1.165) is 29.5 Å². The monoisotopic (exact) mass is 391 g/mol. The van der Waals surface area contributed by atoms with Crippen LogP contribution in [-0.4, -0.2) is 40.9 Å². The Bertz CT molecular complexity index is 585. The predicted molar refractivity (Wildman–Crippen MR) is 88.5 cm³/mol. The van der Waals surface area contributed by atoms with Gasteiger partial charge in [-0.05, 0) is 49.9 Å². The molecule has 5 nitrogen and oxygen atoms in total. The lowest BCUT2D eigenvalue weighted by Gasteiger charge is -2.11. The molecule has 0 radical (unpaired) electrons. The highest BCUT2D eigenvalue weighted by Crippen LogP contribution is 2.19. The number of benzene rings is 1. The molecule has 7 heteroatoms. The first-order valence-corrected chi connectivity index (χ1v) is 9.72. The Morgan fingerprint density at radius 2 is 2.27 bits per heavy atom. The van der Waals surface area contributed by atoms with E-state index in [2.05, 4.69) is 20.7 Å². The second-order valence-electron chi connectivity index (χ2n) is 5.37. The van der Waals surface area contributed by atoms with Crippen LogP contribution in [0.5, 0.6) is 0 Å². The van der Waals surface area contributed by atoms with Crippen molar-refractivity contribution in [1.29, 1.82) is 0 Å². The first kappa shape index (κ1) is 17.9. The van der Waals surface area contributed by atoms with E-state index in [0.29, 0.717) is 26.2 Å². The summed E-state index contributed by atoms with van der Waals surface area (Å²) in [5, 5.41) is 0. The molecule has 1 N–H and O–H groups in total. The van der Waals surface area contributed by atoms with E-state index < -0.39 is 10.0 Å². The van der Waals surface area contributed by atoms with E-state index in [-0.39, 0.29) is 11.0 Å². The van der Waals surface area contributed by atoms with Crippen LogP contribution in [0, 0.1) is 6.92 Å². The third-order valence-corrected chi connectivity index (χ3v) is 5.87. The number of halogens is 1. The summed E-state index contributed by atoms with van der Waals surface area (Å²) in [4.78, 5) is 0.286. The molecule has 1 aromatic carbocycles. The lowest BCUT2D eigenvalue weighted by atomic mass is 10.2. The van der Waals surface area contributed by atoms with Crippen LogP contribution >= 0.6 is 15.9 Å². The van der Waals surface area contributed by atoms with Gasteiger partial charge >= 0.3 is 0 Å². The number of ether oxygens (including phenoxy) is 2. The summed E-state index contributed by atoms with van der Waals surface area (Å²) in [7, 11) is -3.45. The minimum absolute atomic E-state index is 0.211. The van der Waals surface area contributed by atoms with Crippen LogP contribution in [0.2, 0.25) is 0 Å². The second-order valence-corrected chi connectivity index (χ2v) is 7.99. The maximum absolute atomic E-state index is 12.2. The number of hydrogen-bond acceptors (Lipinski definition) is 4. The zero-order valence-electron chi connectivity index (χ0n) is 12.7. The first-order valence-electron chi connectivity index (χ1n) is 7.44. The van der Waals surface area contributed by atoms with Crippen molar-refractivity contribution < 1.29 is 17.9 Å². The van der Waals surface area contributed by atoms with Crippen LogP contribution in [0.4, 0.5) is 0 Å². The van der Waals surface area contributed by atoms with Crippen LogP contribution < -0.4 is 4.72 Å². The van der Waals surface area contributed by atoms with E-state index in [1.165, 1.54) is 0 Å². The molecule has 0 spiro atoms. The van der Waals surface area contributed by atoms with E-state index in [1.807, 2.05) is 6.92 Å². The zero-order valence-corrected chi connectivity index (χ0v) is 15.1. The molecule has 1 aliphatic rings. The molecule has 0 bridgehead atoms. The predicted octanol–water partition coefficient (Wildman–Crippen LogP) is 2.62. The van der Waals surface area contributed by atoms with Gasteiger partial charge in [0.05, 0.1) is 17.6 Å². The Labute approximate surface area is 140 Å². The molecule has 1 atom stereocenters. The number of nitrogens with one attached hydrogen (secondary N) is 1. The molecule has 1 saturated heterocycles. The highest BCUT2D eigenvalue weighted by atomic mass is 79.9. The van der Waals surface area contributed by atoms with Crippen molar-refractivity contribution in [3.63, 3.8) is 0 Å². The molecule has 1 aliphatic heterocycles. The lowest BCUT2D eigenvalue weighted by Crippen LogP contribution is -2.26. The molecule has 0 amide bonds. The van der Waals surface area contributed by atoms with Crippen molar-refractivity contribution in [3.8, 4) is 0 Å². The molecule has 22 heavy (non-hydrogen) atoms. The second kappa shape index (κ2) is 8.40. The molecular weight excluding hydrogens is 370 g/mol. The molecule has 2 rings (SSSR count). The Balaban J connectivity index is 1.69. The summed E-state index contributed by atoms with van der Waals surface area (Å²) < 4.78 is 38.8. The third kappa shape index (κ3) is 5.31. The SMILES string of the molecule is Cc1cc(S(=O)(=O)NCCCOCC2CCCO2)ccc1Br. The number of rotatable bonds is 8. The quantitative estimate of drug-likeness (QED) is 0.691. The van der Waals surface area contributed by atoms with Crippen LogP contribution in [0.25, 0.3) is 0 Å². The van der Waals surface area contributed by atoms with Gasteiger partial charge in [0.15, 0.2) is 0 Å². The number of hydrogen-bond donors (Lipinski definition) is 1. The first-order chi connectivity index (χ1) is 10.5. The fourth-order valence-electron chi connectivity index (χ4n) is 2.24. The fraction of sp³-hybridized carbons (Fsp3) is 0.600. The normalized spacial score (nSPS) is 18.7. The van der Waals surface area contributed by atoms with Crippen molar-refractivity contribution in [2.45, 2.75) is 37.2 Å². The summed E-state index contributed by atoms with van der Waals surface area (Å²) >= 11 is 3.36. The topological polar surface area (TPSA) is 64.6 Å². The maximum atomic E-state index is 12.2. The highest BCUT2D eigenvalue weighted by molar-refractivity contribution is 9.10. The molecule has 124 valence electrons. The average molecular weight is 392 g/mol. The van der Waals surface area contributed by atoms with Gasteiger partial charge in [0.25, 0.3) is 0 Å². The smallest absolute Gasteiger partial charge is 0.240 e. The molecule has 1 fully saturated rings. The molecule has 1 aromatic rings. The van der Waals surface area contributed by atoms with Crippen molar-refractivity contribution in [2.75, 3.05) is 26.4 Å². The van der Waals surface area contributed by atoms with E-state index >= 15 is 0 Å². The van der Waals surface area contributed by atoms with Crippen LogP contribution in [0.1, 0.15) is 24.8 Å². The van der Waals surface area contributed by atoms with Crippen LogP contribution in [0.3, 0.4) is 0 Å². The third-order valence-electron chi connectivity index (χ3n) is 3.52. The van der Waals surface area contributed by atoms with Crippen molar-refractivity contribution in [3.05, 3.63) is 28.2 Å². The molecule has 0 aliphatic carbocycles. The highest BCUT2D eigenvalue weighted by Gasteiger charge is 2.16. The fourth-order valence-corrected chi connectivity index (χ4v) is 3.64. The Hall–Kier alpha value is -0.470. The number of aryl methyl sites for hydroxylation is 1. The molecular formula is C15H22BrNO4S. The maximum Gasteiger partial charge on any atom is 0.240 e. The Morgan fingerprint density at radius 3 is 2.95 bits per heavy atom. The van der Waals surface area contributed by atoms with Gasteiger partial charge in [0, 0.05) is 24.2 Å². The molecule has 0 saturated carbocycles. The van der Waals surface area contributed by atoms with Gasteiger partial charge < -0.3 is 9.47 Å². The summed E-state index contributed by atoms with van der Waals surface area (Å²) in [5.74, 6) is 0. The van der Waals surface area contributed by atoms with Crippen LogP contribution in [-0.2, 0) is 19.5 Å². The van der Waals surface area contributed by atoms with Gasteiger partial charge in [0.1, 0.15) is 0 Å². The van der Waals surface area contributed by atoms with Gasteiger partial charge in [-0.1, -0.05) is 15.9 Å². The minimum Gasteiger partial charge on any atom is -0.379 e. The van der Waals surface area contributed by atoms with E-state index in [4.69, 9.17) is 9.47 Å². The number of sulfonamides is 1. The van der Waals surface area contributed by atoms with Gasteiger partial charge in [-0.3, -0.25) is 0 Å². The summed E-state index contributed by atoms with van der Waals surface area (Å²) in [6, 6.07) is 4.99. The van der Waals surface area contributed by atoms with Crippen molar-refractivity contribution in [1.82, 2.24) is 4.72 Å². The van der Waals surface area contributed by atoms with E-state index in [1.54, 1.807) is 18.2 Å². The summed E-state index contributed by atoms with van der Waals surface area (Å²) in [5.41, 5.74) is 0.891. The molecule has 0 aromatic heterocycles. The van der Waals surface area contributed by atoms with Crippen molar-refractivity contribution in [2.24, 2.45) is 0 Å². The van der Waals surface area contributed by atoms with Gasteiger partial charge in [-0.25, -0.2) is 13.1 Å². The zero-order chi connectivity index (χ0) is 16.0. The van der Waals surface area contributed by atoms with Crippen LogP contribution in [0.15, 0.2) is 27.6 Å². The Morgan fingerprint density at radius 1 is 1.45 bits per heavy atom. The minimum atomic E-state index is -3.45. The largest absolute Gasteiger partial charge is 0.379 e. The lowest BCUT2D eigenvalue weighted by molar-refractivity contribution is 0.0169.